The Kier molecular flexibility index (Phi) is 4.26. The lowest BCUT2D eigenvalue weighted by atomic mass is 10.3. The number of fused-ring (bicyclic) bond motifs is 1. The van der Waals surface area contributed by atoms with E-state index in [9.17, 15) is 19.2 Å². The molecule has 0 radical (unpaired) electrons. The molecule has 0 aromatic carbocycles. The Hall–Kier alpha value is -1.34. The molecule has 1 aromatic heterocycles. The molecule has 0 atom stereocenters. The van der Waals surface area contributed by atoms with Crippen molar-refractivity contribution in [3.8, 4) is 0 Å². The van der Waals surface area contributed by atoms with E-state index in [4.69, 9.17) is 11.6 Å². The molecule has 1 aliphatic heterocycles. The molecule has 8 heteroatoms. The van der Waals surface area contributed by atoms with Crippen molar-refractivity contribution in [2.24, 2.45) is 0 Å². The largest absolute Gasteiger partial charge is 0.339 e. The third-order valence-corrected chi connectivity index (χ3v) is 3.98. The Labute approximate surface area is 117 Å². The van der Waals surface area contributed by atoms with Crippen molar-refractivity contribution in [3.63, 3.8) is 0 Å². The van der Waals surface area contributed by atoms with Gasteiger partial charge in [0, 0.05) is 18.5 Å². The summed E-state index contributed by atoms with van der Waals surface area (Å²) in [7, 11) is 0. The number of alkyl halides is 1. The van der Waals surface area contributed by atoms with Crippen molar-refractivity contribution in [1.82, 2.24) is 9.13 Å². The smallest absolute Gasteiger partial charge is 0.288 e. The summed E-state index contributed by atoms with van der Waals surface area (Å²) in [5.41, 5.74) is -1.21. The molecule has 0 aliphatic carbocycles. The van der Waals surface area contributed by atoms with Gasteiger partial charge in [0.25, 0.3) is 5.56 Å². The fourth-order valence-electron chi connectivity index (χ4n) is 1.75. The number of halogens is 1. The van der Waals surface area contributed by atoms with Crippen LogP contribution < -0.4 is 11.2 Å². The zero-order chi connectivity index (χ0) is 14.0. The maximum Gasteiger partial charge on any atom is 0.339 e. The van der Waals surface area contributed by atoms with Crippen molar-refractivity contribution in [1.29, 1.82) is 0 Å². The van der Waals surface area contributed by atoms with Gasteiger partial charge in [-0.05, 0) is 12.8 Å². The summed E-state index contributed by atoms with van der Waals surface area (Å²) in [6.45, 7) is 0.191. The highest BCUT2D eigenvalue weighted by Crippen LogP contribution is 2.19. The Balaban J connectivity index is 2.48. The van der Waals surface area contributed by atoms with E-state index < -0.39 is 22.9 Å². The lowest BCUT2D eigenvalue weighted by Crippen LogP contribution is -2.46. The van der Waals surface area contributed by atoms with E-state index in [-0.39, 0.29) is 17.3 Å². The molecule has 0 saturated heterocycles. The Bertz CT molecular complexity index is 649. The maximum atomic E-state index is 12.1. The number of aromatic nitrogens is 2. The molecule has 1 aliphatic rings. The Morgan fingerprint density at radius 2 is 1.95 bits per heavy atom. The van der Waals surface area contributed by atoms with Crippen LogP contribution in [0, 0.1) is 0 Å². The van der Waals surface area contributed by atoms with Gasteiger partial charge in [-0.3, -0.25) is 19.0 Å². The predicted octanol–water partition coefficient (Wildman–Crippen LogP) is 0.344. The van der Waals surface area contributed by atoms with Crippen molar-refractivity contribution in [2.45, 2.75) is 24.4 Å². The average molecular weight is 303 g/mol. The molecule has 0 amide bonds. The van der Waals surface area contributed by atoms with Crippen LogP contribution >= 0.6 is 23.4 Å². The monoisotopic (exact) mass is 302 g/mol. The number of Topliss-reactive ketones (excluding diaryl/α,β-unsaturated/α-hetero) is 1. The lowest BCUT2D eigenvalue weighted by molar-refractivity contribution is -0.113. The summed E-state index contributed by atoms with van der Waals surface area (Å²) in [5.74, 6) is -1.10. The molecule has 1 aromatic rings. The van der Waals surface area contributed by atoms with Crippen molar-refractivity contribution in [3.05, 3.63) is 26.9 Å². The third-order valence-electron chi connectivity index (χ3n) is 2.71. The zero-order valence-electron chi connectivity index (χ0n) is 9.93. The number of rotatable bonds is 4. The van der Waals surface area contributed by atoms with Crippen LogP contribution in [0.4, 0.5) is 0 Å². The molecule has 2 heterocycles. The van der Waals surface area contributed by atoms with Crippen LogP contribution in [-0.4, -0.2) is 32.5 Å². The number of carbonyl (C=O) groups is 2. The molecule has 0 N–H and O–H groups in total. The van der Waals surface area contributed by atoms with Gasteiger partial charge >= 0.3 is 11.6 Å². The van der Waals surface area contributed by atoms with Crippen LogP contribution in [0.15, 0.2) is 20.7 Å². The van der Waals surface area contributed by atoms with E-state index >= 15 is 0 Å². The molecule has 6 nitrogen and oxygen atoms in total. The first-order chi connectivity index (χ1) is 9.06. The van der Waals surface area contributed by atoms with E-state index in [0.717, 1.165) is 20.9 Å². The maximum absolute atomic E-state index is 12.1. The summed E-state index contributed by atoms with van der Waals surface area (Å²) in [5, 5.41) is 0.230. The summed E-state index contributed by atoms with van der Waals surface area (Å²) in [6, 6.07) is 1.22. The minimum Gasteiger partial charge on any atom is -0.288 e. The van der Waals surface area contributed by atoms with Crippen molar-refractivity contribution >= 4 is 35.1 Å². The second kappa shape index (κ2) is 5.75. The highest BCUT2D eigenvalue weighted by molar-refractivity contribution is 8.00. The van der Waals surface area contributed by atoms with Gasteiger partial charge in [0.15, 0.2) is 0 Å². The zero-order valence-corrected chi connectivity index (χ0v) is 11.5. The number of carbonyl (C=O) groups excluding carboxylic acids is 2. The highest BCUT2D eigenvalue weighted by Gasteiger charge is 2.28. The molecule has 0 fully saturated rings. The first kappa shape index (κ1) is 14.1. The number of thioether (sulfide) groups is 1. The molecule has 0 bridgehead atoms. The molecule has 0 spiro atoms. The molecule has 102 valence electrons. The molecule has 2 rings (SSSR count). The first-order valence-corrected chi connectivity index (χ1v) is 7.21. The van der Waals surface area contributed by atoms with Gasteiger partial charge in [-0.15, -0.1) is 11.6 Å². The number of unbranched alkanes of at least 4 members (excludes halogenated alkanes) is 1. The quantitative estimate of drug-likeness (QED) is 0.347. The second-order valence-corrected chi connectivity index (χ2v) is 5.38. The van der Waals surface area contributed by atoms with Crippen LogP contribution in [-0.2, 0) is 11.3 Å². The van der Waals surface area contributed by atoms with Crippen LogP contribution in [0.2, 0.25) is 0 Å². The standard InChI is InChI=1S/C11H11ClN2O4S/c12-3-1-2-4-13-8(16)5-9-14(11(13)18)10(17)7(15)6-19-9/h5H,1-4,6H2. The summed E-state index contributed by atoms with van der Waals surface area (Å²) in [6.07, 6.45) is 1.23. The van der Waals surface area contributed by atoms with Gasteiger partial charge in [0.2, 0.25) is 5.78 Å². The fraction of sp³-hybridized carbons (Fsp3) is 0.455. The first-order valence-electron chi connectivity index (χ1n) is 5.69. The predicted molar refractivity (Wildman–Crippen MR) is 71.3 cm³/mol. The van der Waals surface area contributed by atoms with Crippen LogP contribution in [0.1, 0.15) is 17.6 Å². The molecule has 0 saturated carbocycles. The SMILES string of the molecule is O=C1CSc2cc(=O)n(CCCCCl)c(=O)n2C1=O. The van der Waals surface area contributed by atoms with Gasteiger partial charge in [-0.2, -0.15) is 0 Å². The fourth-order valence-corrected chi connectivity index (χ4v) is 2.81. The van der Waals surface area contributed by atoms with E-state index in [0.29, 0.717) is 18.7 Å². The van der Waals surface area contributed by atoms with E-state index in [2.05, 4.69) is 0 Å². The molecular weight excluding hydrogens is 292 g/mol. The van der Waals surface area contributed by atoms with Crippen LogP contribution in [0.5, 0.6) is 0 Å². The molecule has 19 heavy (non-hydrogen) atoms. The normalized spacial score (nSPS) is 14.6. The third kappa shape index (κ3) is 2.66. The van der Waals surface area contributed by atoms with Gasteiger partial charge in [-0.25, -0.2) is 9.36 Å². The van der Waals surface area contributed by atoms with Crippen molar-refractivity contribution in [2.75, 3.05) is 11.6 Å². The van der Waals surface area contributed by atoms with Gasteiger partial charge < -0.3 is 0 Å². The topological polar surface area (TPSA) is 78.1 Å². The number of ketones is 1. The molecular formula is C11H11ClN2O4S. The Morgan fingerprint density at radius 3 is 2.63 bits per heavy atom. The number of hydrogen-bond donors (Lipinski definition) is 0. The Morgan fingerprint density at radius 1 is 1.21 bits per heavy atom. The van der Waals surface area contributed by atoms with E-state index in [1.54, 1.807) is 0 Å². The van der Waals surface area contributed by atoms with Gasteiger partial charge in [-0.1, -0.05) is 11.8 Å². The van der Waals surface area contributed by atoms with E-state index in [1.165, 1.54) is 6.07 Å². The number of nitrogens with zero attached hydrogens (tertiary/aromatic N) is 2. The minimum atomic E-state index is -0.871. The van der Waals surface area contributed by atoms with E-state index in [1.807, 2.05) is 0 Å². The summed E-state index contributed by atoms with van der Waals surface area (Å²) < 4.78 is 1.74. The lowest BCUT2D eigenvalue weighted by Gasteiger charge is -2.16. The molecule has 0 unspecified atom stereocenters. The van der Waals surface area contributed by atoms with Crippen LogP contribution in [0.25, 0.3) is 0 Å². The average Bonchev–Trinajstić information content (AvgIpc) is 2.37. The minimum absolute atomic E-state index is 0.0338. The summed E-state index contributed by atoms with van der Waals surface area (Å²) >= 11 is 6.56. The van der Waals surface area contributed by atoms with Gasteiger partial charge in [0.1, 0.15) is 0 Å². The second-order valence-electron chi connectivity index (χ2n) is 4.00. The summed E-state index contributed by atoms with van der Waals surface area (Å²) in [4.78, 5) is 46.9. The number of hydrogen-bond acceptors (Lipinski definition) is 5. The van der Waals surface area contributed by atoms with Crippen molar-refractivity contribution < 1.29 is 9.59 Å². The van der Waals surface area contributed by atoms with Crippen LogP contribution in [0.3, 0.4) is 0 Å². The highest BCUT2D eigenvalue weighted by atomic mass is 35.5. The van der Waals surface area contributed by atoms with Gasteiger partial charge in [0.05, 0.1) is 10.8 Å².